The number of halogens is 1. The van der Waals surface area contributed by atoms with E-state index in [0.29, 0.717) is 18.1 Å². The molecule has 6 nitrogen and oxygen atoms in total. The van der Waals surface area contributed by atoms with Gasteiger partial charge >= 0.3 is 0 Å². The second kappa shape index (κ2) is 6.26. The lowest BCUT2D eigenvalue weighted by Crippen LogP contribution is -2.06. The van der Waals surface area contributed by atoms with Gasteiger partial charge in [-0.05, 0) is 49.2 Å². The van der Waals surface area contributed by atoms with Crippen molar-refractivity contribution in [2.45, 2.75) is 20.4 Å². The van der Waals surface area contributed by atoms with E-state index in [1.54, 1.807) is 0 Å². The third kappa shape index (κ3) is 3.43. The quantitative estimate of drug-likeness (QED) is 0.719. The minimum absolute atomic E-state index is 0.168. The number of nitrogen functional groups attached to an aromatic ring is 1. The number of rotatable bonds is 4. The van der Waals surface area contributed by atoms with Gasteiger partial charge in [0.05, 0.1) is 23.3 Å². The Labute approximate surface area is 139 Å². The maximum Gasteiger partial charge on any atom is 0.224 e. The fourth-order valence-electron chi connectivity index (χ4n) is 2.34. The van der Waals surface area contributed by atoms with Crippen LogP contribution in [0.4, 0.5) is 11.5 Å². The van der Waals surface area contributed by atoms with Gasteiger partial charge in [-0.3, -0.25) is 0 Å². The molecule has 2 heterocycles. The van der Waals surface area contributed by atoms with E-state index in [1.165, 1.54) is 6.20 Å². The normalized spacial score (nSPS) is 10.7. The molecule has 0 amide bonds. The van der Waals surface area contributed by atoms with Crippen LogP contribution in [0.25, 0.3) is 5.69 Å². The number of aromatic nitrogens is 4. The number of benzene rings is 1. The smallest absolute Gasteiger partial charge is 0.224 e. The minimum atomic E-state index is 0.168. The molecule has 0 fully saturated rings. The lowest BCUT2D eigenvalue weighted by atomic mass is 10.2. The van der Waals surface area contributed by atoms with Crippen LogP contribution in [-0.2, 0) is 6.54 Å². The lowest BCUT2D eigenvalue weighted by molar-refractivity contribution is 0.833. The van der Waals surface area contributed by atoms with E-state index in [0.717, 1.165) is 22.6 Å². The van der Waals surface area contributed by atoms with Gasteiger partial charge in [0.15, 0.2) is 5.82 Å². The van der Waals surface area contributed by atoms with Gasteiger partial charge in [-0.2, -0.15) is 10.1 Å². The van der Waals surface area contributed by atoms with Gasteiger partial charge in [0, 0.05) is 12.2 Å². The Kier molecular flexibility index (Phi) is 4.16. The van der Waals surface area contributed by atoms with E-state index in [1.807, 2.05) is 42.8 Å². The van der Waals surface area contributed by atoms with Gasteiger partial charge in [0.25, 0.3) is 0 Å². The van der Waals surface area contributed by atoms with Crippen molar-refractivity contribution >= 4 is 23.1 Å². The Balaban J connectivity index is 1.73. The Bertz CT molecular complexity index is 825. The van der Waals surface area contributed by atoms with E-state index < -0.39 is 0 Å². The summed E-state index contributed by atoms with van der Waals surface area (Å²) in [7, 11) is 0. The highest BCUT2D eigenvalue weighted by Crippen LogP contribution is 2.18. The molecule has 0 saturated carbocycles. The molecule has 0 aliphatic heterocycles. The SMILES string of the molecule is Cc1cc(C)n(-c2ccc(CNc3nc(Cl)ncc3N)cc2)n1. The third-order valence-electron chi connectivity index (χ3n) is 3.44. The van der Waals surface area contributed by atoms with Crippen LogP contribution in [0.3, 0.4) is 0 Å². The molecule has 0 aliphatic carbocycles. The average Bonchev–Trinajstić information content (AvgIpc) is 2.87. The zero-order chi connectivity index (χ0) is 16.4. The predicted octanol–water partition coefficient (Wildman–Crippen LogP) is 3.13. The largest absolute Gasteiger partial charge is 0.394 e. The molecule has 7 heteroatoms. The van der Waals surface area contributed by atoms with E-state index in [2.05, 4.69) is 26.4 Å². The highest BCUT2D eigenvalue weighted by atomic mass is 35.5. The van der Waals surface area contributed by atoms with Crippen LogP contribution >= 0.6 is 11.6 Å². The Morgan fingerprint density at radius 1 is 1.22 bits per heavy atom. The van der Waals surface area contributed by atoms with Crippen molar-refractivity contribution in [2.24, 2.45) is 0 Å². The van der Waals surface area contributed by atoms with Crippen LogP contribution in [0.1, 0.15) is 17.0 Å². The van der Waals surface area contributed by atoms with Crippen LogP contribution in [0.5, 0.6) is 0 Å². The first kappa shape index (κ1) is 15.3. The van der Waals surface area contributed by atoms with Gasteiger partial charge in [-0.25, -0.2) is 9.67 Å². The Morgan fingerprint density at radius 3 is 2.61 bits per heavy atom. The molecule has 2 aromatic heterocycles. The molecule has 0 spiro atoms. The van der Waals surface area contributed by atoms with Crippen molar-refractivity contribution in [3.05, 3.63) is 58.8 Å². The molecule has 0 unspecified atom stereocenters. The molecule has 0 atom stereocenters. The van der Waals surface area contributed by atoms with Gasteiger partial charge in [-0.1, -0.05) is 12.1 Å². The Hall–Kier alpha value is -2.60. The zero-order valence-electron chi connectivity index (χ0n) is 12.9. The molecule has 3 aromatic rings. The summed E-state index contributed by atoms with van der Waals surface area (Å²) in [4.78, 5) is 7.90. The molecular formula is C16H17ClN6. The van der Waals surface area contributed by atoms with Crippen LogP contribution in [0, 0.1) is 13.8 Å². The van der Waals surface area contributed by atoms with Crippen molar-refractivity contribution in [2.75, 3.05) is 11.1 Å². The molecule has 3 rings (SSSR count). The monoisotopic (exact) mass is 328 g/mol. The van der Waals surface area contributed by atoms with Crippen molar-refractivity contribution in [1.82, 2.24) is 19.7 Å². The summed E-state index contributed by atoms with van der Waals surface area (Å²) < 4.78 is 1.93. The fraction of sp³-hybridized carbons (Fsp3) is 0.188. The molecule has 118 valence electrons. The lowest BCUT2D eigenvalue weighted by Gasteiger charge is -2.09. The van der Waals surface area contributed by atoms with Crippen molar-refractivity contribution in [1.29, 1.82) is 0 Å². The third-order valence-corrected chi connectivity index (χ3v) is 3.62. The summed E-state index contributed by atoms with van der Waals surface area (Å²) in [6.07, 6.45) is 1.49. The number of hydrogen-bond acceptors (Lipinski definition) is 5. The number of nitrogens with zero attached hydrogens (tertiary/aromatic N) is 4. The fourth-order valence-corrected chi connectivity index (χ4v) is 2.48. The standard InChI is InChI=1S/C16H17ClN6/c1-10-7-11(2)23(22-10)13-5-3-12(4-6-13)8-19-15-14(18)9-20-16(17)21-15/h3-7,9H,8,18H2,1-2H3,(H,19,20,21). The second-order valence-corrected chi connectivity index (χ2v) is 5.64. The van der Waals surface area contributed by atoms with Crippen LogP contribution in [0.15, 0.2) is 36.5 Å². The maximum absolute atomic E-state index is 5.81. The summed E-state index contributed by atoms with van der Waals surface area (Å²) in [6.45, 7) is 4.62. The van der Waals surface area contributed by atoms with Crippen LogP contribution in [-0.4, -0.2) is 19.7 Å². The van der Waals surface area contributed by atoms with E-state index in [9.17, 15) is 0 Å². The van der Waals surface area contributed by atoms with E-state index >= 15 is 0 Å². The topological polar surface area (TPSA) is 81.7 Å². The van der Waals surface area contributed by atoms with Crippen molar-refractivity contribution < 1.29 is 0 Å². The van der Waals surface area contributed by atoms with Gasteiger partial charge < -0.3 is 11.1 Å². The minimum Gasteiger partial charge on any atom is -0.394 e. The number of aryl methyl sites for hydroxylation is 2. The van der Waals surface area contributed by atoms with Crippen molar-refractivity contribution in [3.63, 3.8) is 0 Å². The molecular weight excluding hydrogens is 312 g/mol. The number of nitrogens with two attached hydrogens (primary N) is 1. The van der Waals surface area contributed by atoms with Crippen molar-refractivity contribution in [3.8, 4) is 5.69 Å². The predicted molar refractivity (Wildman–Crippen MR) is 91.8 cm³/mol. The molecule has 0 saturated heterocycles. The summed E-state index contributed by atoms with van der Waals surface area (Å²) in [5.74, 6) is 0.535. The zero-order valence-corrected chi connectivity index (χ0v) is 13.7. The number of anilines is 2. The maximum atomic E-state index is 5.81. The molecule has 3 N–H and O–H groups in total. The first-order valence-electron chi connectivity index (χ1n) is 7.17. The van der Waals surface area contributed by atoms with Crippen LogP contribution < -0.4 is 11.1 Å². The summed E-state index contributed by atoms with van der Waals surface area (Å²) in [5, 5.41) is 7.81. The van der Waals surface area contributed by atoms with Gasteiger partial charge in [-0.15, -0.1) is 0 Å². The molecule has 0 radical (unpaired) electrons. The summed E-state index contributed by atoms with van der Waals surface area (Å²) in [5.41, 5.74) is 10.5. The Morgan fingerprint density at radius 2 is 1.96 bits per heavy atom. The molecule has 0 bridgehead atoms. The molecule has 1 aromatic carbocycles. The highest BCUT2D eigenvalue weighted by molar-refractivity contribution is 6.28. The first-order chi connectivity index (χ1) is 11.0. The molecule has 0 aliphatic rings. The van der Waals surface area contributed by atoms with Gasteiger partial charge in [0.1, 0.15) is 0 Å². The second-order valence-electron chi connectivity index (χ2n) is 5.30. The number of nitrogens with one attached hydrogen (secondary N) is 1. The number of hydrogen-bond donors (Lipinski definition) is 2. The average molecular weight is 329 g/mol. The van der Waals surface area contributed by atoms with E-state index in [4.69, 9.17) is 17.3 Å². The highest BCUT2D eigenvalue weighted by Gasteiger charge is 2.05. The van der Waals surface area contributed by atoms with E-state index in [-0.39, 0.29) is 5.28 Å². The first-order valence-corrected chi connectivity index (χ1v) is 7.55. The van der Waals surface area contributed by atoms with Gasteiger partial charge in [0.2, 0.25) is 5.28 Å². The summed E-state index contributed by atoms with van der Waals surface area (Å²) >= 11 is 5.78. The van der Waals surface area contributed by atoms with Crippen LogP contribution in [0.2, 0.25) is 5.28 Å². The molecule has 23 heavy (non-hydrogen) atoms. The summed E-state index contributed by atoms with van der Waals surface area (Å²) in [6, 6.07) is 10.2.